The predicted molar refractivity (Wildman–Crippen MR) is 77.6 cm³/mol. The maximum atomic E-state index is 13.7. The lowest BCUT2D eigenvalue weighted by Crippen LogP contribution is -2.14. The number of halogens is 1. The third kappa shape index (κ3) is 6.17. The minimum atomic E-state index is -0.178. The first-order valence-corrected chi connectivity index (χ1v) is 7.27. The summed E-state index contributed by atoms with van der Waals surface area (Å²) in [6.07, 6.45) is 3.39. The molecule has 0 amide bonds. The van der Waals surface area contributed by atoms with E-state index in [1.54, 1.807) is 0 Å². The van der Waals surface area contributed by atoms with Gasteiger partial charge in [0, 0.05) is 12.1 Å². The molecule has 1 aromatic rings. The Balaban J connectivity index is 2.53. The summed E-state index contributed by atoms with van der Waals surface area (Å²) in [6, 6.07) is 5.26. The summed E-state index contributed by atoms with van der Waals surface area (Å²) in [4.78, 5) is 0. The van der Waals surface area contributed by atoms with Gasteiger partial charge in [0.1, 0.15) is 5.82 Å². The van der Waals surface area contributed by atoms with Gasteiger partial charge in [0.05, 0.1) is 12.7 Å². The Labute approximate surface area is 116 Å². The van der Waals surface area contributed by atoms with E-state index >= 15 is 0 Å². The van der Waals surface area contributed by atoms with Crippen LogP contribution in [0.3, 0.4) is 0 Å². The number of benzene rings is 1. The Morgan fingerprint density at radius 1 is 1.26 bits per heavy atom. The number of hydrogen-bond donors (Lipinski definition) is 1. The van der Waals surface area contributed by atoms with Gasteiger partial charge >= 0.3 is 0 Å². The largest absolute Gasteiger partial charge is 0.374 e. The van der Waals surface area contributed by atoms with Gasteiger partial charge in [-0.15, -0.1) is 0 Å². The molecule has 1 rings (SSSR count). The highest BCUT2D eigenvalue weighted by Crippen LogP contribution is 2.14. The summed E-state index contributed by atoms with van der Waals surface area (Å²) >= 11 is 0. The van der Waals surface area contributed by atoms with E-state index in [2.05, 4.69) is 19.2 Å². The van der Waals surface area contributed by atoms with Crippen LogP contribution in [-0.2, 0) is 17.9 Å². The summed E-state index contributed by atoms with van der Waals surface area (Å²) in [5.41, 5.74) is 1.76. The van der Waals surface area contributed by atoms with Gasteiger partial charge in [-0.05, 0) is 44.0 Å². The van der Waals surface area contributed by atoms with Gasteiger partial charge in [-0.25, -0.2) is 4.39 Å². The summed E-state index contributed by atoms with van der Waals surface area (Å²) in [5, 5.41) is 3.32. The Hall–Kier alpha value is -0.930. The Morgan fingerprint density at radius 2 is 2.05 bits per heavy atom. The molecule has 0 fully saturated rings. The second-order valence-corrected chi connectivity index (χ2v) is 5.01. The molecule has 0 aliphatic carbocycles. The summed E-state index contributed by atoms with van der Waals surface area (Å²) < 4.78 is 19.4. The quantitative estimate of drug-likeness (QED) is 0.682. The Kier molecular flexibility index (Phi) is 7.68. The molecule has 0 saturated heterocycles. The zero-order valence-electron chi connectivity index (χ0n) is 12.3. The zero-order chi connectivity index (χ0) is 14.1. The molecule has 0 heterocycles. The molecule has 108 valence electrons. The average Bonchev–Trinajstić information content (AvgIpc) is 2.40. The van der Waals surface area contributed by atoms with Crippen LogP contribution < -0.4 is 5.32 Å². The van der Waals surface area contributed by atoms with E-state index in [0.29, 0.717) is 12.2 Å². The van der Waals surface area contributed by atoms with Crippen molar-refractivity contribution < 1.29 is 9.13 Å². The fourth-order valence-corrected chi connectivity index (χ4v) is 1.98. The fraction of sp³-hybridized carbons (Fsp3) is 0.625. The number of hydrogen-bond acceptors (Lipinski definition) is 2. The molecule has 0 bridgehead atoms. The van der Waals surface area contributed by atoms with Crippen LogP contribution in [0, 0.1) is 5.82 Å². The molecule has 0 aliphatic rings. The van der Waals surface area contributed by atoms with E-state index in [1.165, 1.54) is 6.07 Å². The van der Waals surface area contributed by atoms with Crippen molar-refractivity contribution in [1.29, 1.82) is 0 Å². The maximum absolute atomic E-state index is 13.7. The van der Waals surface area contributed by atoms with Crippen molar-refractivity contribution in [2.24, 2.45) is 0 Å². The molecule has 0 spiro atoms. The van der Waals surface area contributed by atoms with Crippen LogP contribution in [0.1, 0.15) is 51.2 Å². The first kappa shape index (κ1) is 16.1. The fourth-order valence-electron chi connectivity index (χ4n) is 1.98. The standard InChI is InChI=1S/C16H26FNO/c1-4-6-13(3)19-12-15-10-14(7-8-16(15)17)11-18-9-5-2/h7-8,10,13,18H,4-6,9,11-12H2,1-3H3. The van der Waals surface area contributed by atoms with Gasteiger partial charge < -0.3 is 10.1 Å². The van der Waals surface area contributed by atoms with Crippen LogP contribution in [0.5, 0.6) is 0 Å². The van der Waals surface area contributed by atoms with Crippen LogP contribution in [0.2, 0.25) is 0 Å². The van der Waals surface area contributed by atoms with Gasteiger partial charge in [0.25, 0.3) is 0 Å². The molecule has 1 aromatic carbocycles. The van der Waals surface area contributed by atoms with Crippen molar-refractivity contribution in [1.82, 2.24) is 5.32 Å². The number of rotatable bonds is 9. The van der Waals surface area contributed by atoms with Crippen LogP contribution >= 0.6 is 0 Å². The van der Waals surface area contributed by atoms with Gasteiger partial charge in [0.15, 0.2) is 0 Å². The lowest BCUT2D eigenvalue weighted by atomic mass is 10.1. The SMILES string of the molecule is CCCNCc1ccc(F)c(COC(C)CCC)c1. The zero-order valence-corrected chi connectivity index (χ0v) is 12.3. The lowest BCUT2D eigenvalue weighted by Gasteiger charge is -2.13. The topological polar surface area (TPSA) is 21.3 Å². The van der Waals surface area contributed by atoms with E-state index in [0.717, 1.165) is 37.9 Å². The first-order valence-electron chi connectivity index (χ1n) is 7.27. The highest BCUT2D eigenvalue weighted by molar-refractivity contribution is 5.24. The maximum Gasteiger partial charge on any atom is 0.128 e. The molecule has 1 N–H and O–H groups in total. The van der Waals surface area contributed by atoms with E-state index in [-0.39, 0.29) is 11.9 Å². The van der Waals surface area contributed by atoms with Crippen molar-refractivity contribution in [3.05, 3.63) is 35.1 Å². The molecule has 1 atom stereocenters. The van der Waals surface area contributed by atoms with Crippen molar-refractivity contribution in [2.75, 3.05) is 6.54 Å². The van der Waals surface area contributed by atoms with Crippen LogP contribution in [0.4, 0.5) is 4.39 Å². The summed E-state index contributed by atoms with van der Waals surface area (Å²) in [7, 11) is 0. The van der Waals surface area contributed by atoms with Gasteiger partial charge in [-0.1, -0.05) is 26.3 Å². The van der Waals surface area contributed by atoms with Crippen molar-refractivity contribution >= 4 is 0 Å². The minimum Gasteiger partial charge on any atom is -0.374 e. The summed E-state index contributed by atoms with van der Waals surface area (Å²) in [6.45, 7) is 8.41. The van der Waals surface area contributed by atoms with Crippen LogP contribution in [0.25, 0.3) is 0 Å². The summed E-state index contributed by atoms with van der Waals surface area (Å²) in [5.74, 6) is -0.178. The Morgan fingerprint density at radius 3 is 2.74 bits per heavy atom. The third-order valence-electron chi connectivity index (χ3n) is 3.08. The molecule has 0 radical (unpaired) electrons. The lowest BCUT2D eigenvalue weighted by molar-refractivity contribution is 0.0455. The van der Waals surface area contributed by atoms with E-state index in [9.17, 15) is 4.39 Å². The van der Waals surface area contributed by atoms with Crippen molar-refractivity contribution in [3.63, 3.8) is 0 Å². The highest BCUT2D eigenvalue weighted by atomic mass is 19.1. The Bertz CT molecular complexity index is 368. The monoisotopic (exact) mass is 267 g/mol. The molecule has 2 nitrogen and oxygen atoms in total. The molecular weight excluding hydrogens is 241 g/mol. The molecule has 19 heavy (non-hydrogen) atoms. The molecule has 3 heteroatoms. The molecule has 0 saturated carbocycles. The minimum absolute atomic E-state index is 0.178. The van der Waals surface area contributed by atoms with E-state index < -0.39 is 0 Å². The van der Waals surface area contributed by atoms with E-state index in [1.807, 2.05) is 19.1 Å². The smallest absolute Gasteiger partial charge is 0.128 e. The molecule has 0 aromatic heterocycles. The van der Waals surface area contributed by atoms with Gasteiger partial charge in [0.2, 0.25) is 0 Å². The normalized spacial score (nSPS) is 12.6. The molecular formula is C16H26FNO. The van der Waals surface area contributed by atoms with Gasteiger partial charge in [-0.3, -0.25) is 0 Å². The third-order valence-corrected chi connectivity index (χ3v) is 3.08. The molecule has 0 aliphatic heterocycles. The number of nitrogens with one attached hydrogen (secondary N) is 1. The first-order chi connectivity index (χ1) is 9.17. The number of ether oxygens (including phenoxy) is 1. The highest BCUT2D eigenvalue weighted by Gasteiger charge is 2.07. The second kappa shape index (κ2) is 9.05. The predicted octanol–water partition coefficient (Wildman–Crippen LogP) is 4.03. The van der Waals surface area contributed by atoms with Crippen LogP contribution in [0.15, 0.2) is 18.2 Å². The van der Waals surface area contributed by atoms with Crippen molar-refractivity contribution in [3.8, 4) is 0 Å². The van der Waals surface area contributed by atoms with Gasteiger partial charge in [-0.2, -0.15) is 0 Å². The van der Waals surface area contributed by atoms with E-state index in [4.69, 9.17) is 4.74 Å². The second-order valence-electron chi connectivity index (χ2n) is 5.01. The average molecular weight is 267 g/mol. The van der Waals surface area contributed by atoms with Crippen molar-refractivity contribution in [2.45, 2.75) is 59.3 Å². The molecule has 1 unspecified atom stereocenters. The van der Waals surface area contributed by atoms with Crippen LogP contribution in [-0.4, -0.2) is 12.6 Å².